The maximum absolute atomic E-state index is 11.5. The van der Waals surface area contributed by atoms with Crippen molar-refractivity contribution in [3.05, 3.63) is 24.0 Å². The number of benzene rings is 1. The van der Waals surface area contributed by atoms with Crippen molar-refractivity contribution in [3.63, 3.8) is 0 Å². The largest absolute Gasteiger partial charge is 0.493 e. The monoisotopic (exact) mass is 338 g/mol. The van der Waals surface area contributed by atoms with Crippen LogP contribution in [0.3, 0.4) is 0 Å². The molecule has 124 valence electrons. The van der Waals surface area contributed by atoms with Crippen molar-refractivity contribution in [3.8, 4) is 17.2 Å². The first-order valence-corrected chi connectivity index (χ1v) is 7.96. The minimum atomic E-state index is -1.01. The number of aromatic nitrogens is 4. The minimum Gasteiger partial charge on any atom is -0.493 e. The molecule has 2 aromatic rings. The summed E-state index contributed by atoms with van der Waals surface area (Å²) in [5.41, 5.74) is 0.663. The molecular weight excluding hydrogens is 320 g/mol. The van der Waals surface area contributed by atoms with Gasteiger partial charge in [-0.25, -0.2) is 0 Å². The lowest BCUT2D eigenvalue weighted by Gasteiger charge is -2.21. The zero-order valence-corrected chi connectivity index (χ0v) is 14.1. The van der Waals surface area contributed by atoms with Gasteiger partial charge in [0.2, 0.25) is 0 Å². The van der Waals surface area contributed by atoms with Crippen molar-refractivity contribution in [2.75, 3.05) is 20.5 Å². The highest BCUT2D eigenvalue weighted by Crippen LogP contribution is 2.30. The first-order valence-electron chi connectivity index (χ1n) is 6.73. The number of hydrogen-bond donors (Lipinski definition) is 1. The van der Waals surface area contributed by atoms with Crippen molar-refractivity contribution < 1.29 is 19.4 Å². The standard InChI is InChI=1S/C14H18N4O4S/c1-14(23-4,13(19)20)8-12-15-16-17-18(12)9-5-6-10(21-2)11(7-9)22-3/h5-7H,8H2,1-4H3,(H,19,20). The number of carboxylic acids is 1. The van der Waals surface area contributed by atoms with E-state index in [9.17, 15) is 9.90 Å². The van der Waals surface area contributed by atoms with E-state index >= 15 is 0 Å². The molecule has 0 saturated carbocycles. The number of thioether (sulfide) groups is 1. The van der Waals surface area contributed by atoms with E-state index in [1.165, 1.54) is 23.6 Å². The van der Waals surface area contributed by atoms with Crippen LogP contribution in [0, 0.1) is 0 Å². The second kappa shape index (κ2) is 6.86. The van der Waals surface area contributed by atoms with Gasteiger partial charge in [-0.05, 0) is 35.7 Å². The van der Waals surface area contributed by atoms with Gasteiger partial charge in [-0.1, -0.05) is 0 Å². The predicted molar refractivity (Wildman–Crippen MR) is 85.5 cm³/mol. The average Bonchev–Trinajstić information content (AvgIpc) is 3.01. The highest BCUT2D eigenvalue weighted by molar-refractivity contribution is 8.00. The molecule has 1 N–H and O–H groups in total. The smallest absolute Gasteiger partial charge is 0.319 e. The molecule has 9 heteroatoms. The van der Waals surface area contributed by atoms with Crippen molar-refractivity contribution in [2.45, 2.75) is 18.1 Å². The van der Waals surface area contributed by atoms with Crippen LogP contribution in [-0.2, 0) is 11.2 Å². The van der Waals surface area contributed by atoms with Crippen LogP contribution < -0.4 is 9.47 Å². The van der Waals surface area contributed by atoms with Gasteiger partial charge in [0.05, 0.1) is 19.9 Å². The van der Waals surface area contributed by atoms with Crippen molar-refractivity contribution in [1.82, 2.24) is 20.2 Å². The van der Waals surface area contributed by atoms with E-state index < -0.39 is 10.7 Å². The Morgan fingerprint density at radius 1 is 1.35 bits per heavy atom. The number of nitrogens with zero attached hydrogens (tertiary/aromatic N) is 4. The van der Waals surface area contributed by atoms with E-state index in [1.54, 1.807) is 38.5 Å². The van der Waals surface area contributed by atoms with Crippen LogP contribution in [0.5, 0.6) is 11.5 Å². The van der Waals surface area contributed by atoms with Crippen molar-refractivity contribution in [1.29, 1.82) is 0 Å². The fraction of sp³-hybridized carbons (Fsp3) is 0.429. The third-order valence-electron chi connectivity index (χ3n) is 3.54. The van der Waals surface area contributed by atoms with Crippen LogP contribution in [-0.4, -0.2) is 56.5 Å². The van der Waals surface area contributed by atoms with Gasteiger partial charge in [0.1, 0.15) is 4.75 Å². The third-order valence-corrected chi connectivity index (χ3v) is 4.76. The van der Waals surface area contributed by atoms with Crippen LogP contribution in [0.1, 0.15) is 12.7 Å². The summed E-state index contributed by atoms with van der Waals surface area (Å²) in [5.74, 6) is 0.672. The minimum absolute atomic E-state index is 0.185. The molecule has 0 bridgehead atoms. The zero-order valence-electron chi connectivity index (χ0n) is 13.3. The van der Waals surface area contributed by atoms with Gasteiger partial charge in [0.25, 0.3) is 0 Å². The maximum atomic E-state index is 11.5. The molecule has 1 aromatic heterocycles. The van der Waals surface area contributed by atoms with Gasteiger partial charge in [0.15, 0.2) is 17.3 Å². The molecule has 1 aromatic carbocycles. The Morgan fingerprint density at radius 3 is 2.61 bits per heavy atom. The van der Waals surface area contributed by atoms with E-state index in [0.717, 1.165) is 0 Å². The topological polar surface area (TPSA) is 99.4 Å². The Morgan fingerprint density at radius 2 is 2.04 bits per heavy atom. The highest BCUT2D eigenvalue weighted by atomic mass is 32.2. The molecule has 0 aliphatic heterocycles. The summed E-state index contributed by atoms with van der Waals surface area (Å²) >= 11 is 1.24. The molecule has 0 spiro atoms. The molecule has 0 saturated heterocycles. The first-order chi connectivity index (χ1) is 10.9. The SMILES string of the molecule is COc1ccc(-n2nnnc2CC(C)(SC)C(=O)O)cc1OC. The molecular formula is C14H18N4O4S. The van der Waals surface area contributed by atoms with Crippen molar-refractivity contribution >= 4 is 17.7 Å². The maximum Gasteiger partial charge on any atom is 0.319 e. The summed E-state index contributed by atoms with van der Waals surface area (Å²) in [7, 11) is 3.09. The summed E-state index contributed by atoms with van der Waals surface area (Å²) < 4.78 is 11.0. The zero-order chi connectivity index (χ0) is 17.0. The number of carbonyl (C=O) groups is 1. The molecule has 23 heavy (non-hydrogen) atoms. The fourth-order valence-electron chi connectivity index (χ4n) is 2.01. The van der Waals surface area contributed by atoms with Gasteiger partial charge in [-0.3, -0.25) is 4.79 Å². The summed E-state index contributed by atoms with van der Waals surface area (Å²) in [6, 6.07) is 5.25. The number of methoxy groups -OCH3 is 2. The predicted octanol–water partition coefficient (Wildman–Crippen LogP) is 1.43. The molecule has 0 aliphatic rings. The van der Waals surface area contributed by atoms with Gasteiger partial charge in [0, 0.05) is 12.5 Å². The molecule has 8 nitrogen and oxygen atoms in total. The molecule has 0 aliphatic carbocycles. The molecule has 1 unspecified atom stereocenters. The Balaban J connectivity index is 2.40. The number of ether oxygens (including phenoxy) is 2. The second-order valence-corrected chi connectivity index (χ2v) is 6.27. The molecule has 2 rings (SSSR count). The van der Waals surface area contributed by atoms with E-state index in [4.69, 9.17) is 9.47 Å². The fourth-order valence-corrected chi connectivity index (χ4v) is 2.46. The van der Waals surface area contributed by atoms with E-state index in [-0.39, 0.29) is 6.42 Å². The Hall–Kier alpha value is -2.29. The Bertz CT molecular complexity index is 706. The molecule has 1 atom stereocenters. The molecule has 1 heterocycles. The van der Waals surface area contributed by atoms with Gasteiger partial charge < -0.3 is 14.6 Å². The van der Waals surface area contributed by atoms with Gasteiger partial charge in [-0.15, -0.1) is 16.9 Å². The number of hydrogen-bond acceptors (Lipinski definition) is 7. The number of rotatable bonds is 7. The van der Waals surface area contributed by atoms with Crippen LogP contribution >= 0.6 is 11.8 Å². The first kappa shape index (κ1) is 17.1. The Kier molecular flexibility index (Phi) is 5.09. The summed E-state index contributed by atoms with van der Waals surface area (Å²) in [6.07, 6.45) is 1.93. The number of aliphatic carboxylic acids is 1. The van der Waals surface area contributed by atoms with Gasteiger partial charge in [-0.2, -0.15) is 4.68 Å². The van der Waals surface area contributed by atoms with E-state index in [2.05, 4.69) is 15.5 Å². The van der Waals surface area contributed by atoms with E-state index in [1.807, 2.05) is 0 Å². The number of carboxylic acid groups (broad SMARTS) is 1. The average molecular weight is 338 g/mol. The summed E-state index contributed by atoms with van der Waals surface area (Å²) in [4.78, 5) is 11.5. The third kappa shape index (κ3) is 3.39. The lowest BCUT2D eigenvalue weighted by molar-refractivity contribution is -0.139. The Labute approximate surface area is 137 Å². The normalized spacial score (nSPS) is 13.4. The van der Waals surface area contributed by atoms with Gasteiger partial charge >= 0.3 is 5.97 Å². The lowest BCUT2D eigenvalue weighted by Crippen LogP contribution is -2.34. The second-order valence-electron chi connectivity index (χ2n) is 4.96. The van der Waals surface area contributed by atoms with Crippen LogP contribution in [0.15, 0.2) is 18.2 Å². The quantitative estimate of drug-likeness (QED) is 0.809. The van der Waals surface area contributed by atoms with Crippen molar-refractivity contribution in [2.24, 2.45) is 0 Å². The summed E-state index contributed by atoms with van der Waals surface area (Å²) in [5, 5.41) is 21.0. The van der Waals surface area contributed by atoms with Crippen LogP contribution in [0.4, 0.5) is 0 Å². The molecule has 0 amide bonds. The van der Waals surface area contributed by atoms with E-state index in [0.29, 0.717) is 23.0 Å². The van der Waals surface area contributed by atoms with Crippen LogP contribution in [0.25, 0.3) is 5.69 Å². The highest BCUT2D eigenvalue weighted by Gasteiger charge is 2.34. The van der Waals surface area contributed by atoms with Crippen LogP contribution in [0.2, 0.25) is 0 Å². The molecule has 0 fully saturated rings. The lowest BCUT2D eigenvalue weighted by atomic mass is 10.1. The molecule has 0 radical (unpaired) electrons. The number of tetrazole rings is 1. The summed E-state index contributed by atoms with van der Waals surface area (Å²) in [6.45, 7) is 1.65.